The first kappa shape index (κ1) is 19.7. The molecule has 3 rings (SSSR count). The average Bonchev–Trinajstić information content (AvgIpc) is 3.00. The van der Waals surface area contributed by atoms with Crippen molar-refractivity contribution in [3.05, 3.63) is 45.5 Å². The fourth-order valence-corrected chi connectivity index (χ4v) is 3.26. The summed E-state index contributed by atoms with van der Waals surface area (Å²) in [6.07, 6.45) is 3.49. The quantitative estimate of drug-likeness (QED) is 0.470. The standard InChI is InChI=1S/C21H23NO6/c1-12-11-27-17-10-18-15(8-14(12)17)13(2)16(21(26)28-18)9-19(23)22-7-5-3-4-6-20(24)25/h8,10-11H,3-7,9H2,1-2H3,(H,22,23)(H,24,25)/p-1. The van der Waals surface area contributed by atoms with E-state index in [4.69, 9.17) is 8.83 Å². The molecule has 0 fully saturated rings. The minimum Gasteiger partial charge on any atom is -0.550 e. The predicted molar refractivity (Wildman–Crippen MR) is 102 cm³/mol. The molecule has 0 bridgehead atoms. The first-order valence-electron chi connectivity index (χ1n) is 9.27. The molecule has 1 amide bonds. The number of carbonyl (C=O) groups excluding carboxylic acids is 2. The molecule has 28 heavy (non-hydrogen) atoms. The summed E-state index contributed by atoms with van der Waals surface area (Å²) in [7, 11) is 0. The number of carbonyl (C=O) groups is 2. The molecule has 0 atom stereocenters. The number of hydrogen-bond acceptors (Lipinski definition) is 6. The van der Waals surface area contributed by atoms with Gasteiger partial charge in [-0.05, 0) is 50.3 Å². The number of nitrogens with one attached hydrogen (secondary N) is 1. The van der Waals surface area contributed by atoms with E-state index in [1.54, 1.807) is 12.3 Å². The molecule has 0 spiro atoms. The van der Waals surface area contributed by atoms with Crippen molar-refractivity contribution in [3.63, 3.8) is 0 Å². The van der Waals surface area contributed by atoms with E-state index in [1.807, 2.05) is 19.9 Å². The van der Waals surface area contributed by atoms with Gasteiger partial charge in [-0.3, -0.25) is 4.79 Å². The van der Waals surface area contributed by atoms with E-state index < -0.39 is 11.6 Å². The highest BCUT2D eigenvalue weighted by atomic mass is 16.4. The molecular weight excluding hydrogens is 362 g/mol. The van der Waals surface area contributed by atoms with Gasteiger partial charge in [0.25, 0.3) is 0 Å². The molecule has 1 aromatic carbocycles. The zero-order chi connectivity index (χ0) is 20.3. The van der Waals surface area contributed by atoms with Crippen molar-refractivity contribution in [1.82, 2.24) is 5.32 Å². The van der Waals surface area contributed by atoms with Crippen molar-refractivity contribution < 1.29 is 23.5 Å². The van der Waals surface area contributed by atoms with Crippen LogP contribution < -0.4 is 16.0 Å². The Morgan fingerprint density at radius 2 is 1.86 bits per heavy atom. The predicted octanol–water partition coefficient (Wildman–Crippen LogP) is 2.13. The van der Waals surface area contributed by atoms with E-state index in [-0.39, 0.29) is 18.7 Å². The van der Waals surface area contributed by atoms with Crippen molar-refractivity contribution in [2.24, 2.45) is 0 Å². The molecule has 0 aliphatic rings. The van der Waals surface area contributed by atoms with Crippen LogP contribution >= 0.6 is 0 Å². The Balaban J connectivity index is 1.71. The lowest BCUT2D eigenvalue weighted by Crippen LogP contribution is -2.28. The first-order chi connectivity index (χ1) is 13.4. The first-order valence-corrected chi connectivity index (χ1v) is 9.27. The Labute approximate surface area is 161 Å². The molecule has 0 radical (unpaired) electrons. The summed E-state index contributed by atoms with van der Waals surface area (Å²) in [6.45, 7) is 4.18. The lowest BCUT2D eigenvalue weighted by molar-refractivity contribution is -0.305. The van der Waals surface area contributed by atoms with Crippen molar-refractivity contribution in [3.8, 4) is 0 Å². The molecule has 2 aromatic heterocycles. The third-order valence-corrected chi connectivity index (χ3v) is 4.89. The summed E-state index contributed by atoms with van der Waals surface area (Å²) in [4.78, 5) is 34.9. The van der Waals surface area contributed by atoms with Crippen LogP contribution in [0.15, 0.2) is 32.0 Å². The number of furan rings is 1. The van der Waals surface area contributed by atoms with Gasteiger partial charge in [0, 0.05) is 29.4 Å². The molecule has 0 aliphatic carbocycles. The molecule has 7 heteroatoms. The average molecular weight is 384 g/mol. The van der Waals surface area contributed by atoms with Gasteiger partial charge in [0.2, 0.25) is 5.91 Å². The molecule has 2 heterocycles. The fourth-order valence-electron chi connectivity index (χ4n) is 3.26. The molecule has 0 saturated heterocycles. The summed E-state index contributed by atoms with van der Waals surface area (Å²) in [6, 6.07) is 3.61. The minimum atomic E-state index is -1.06. The van der Waals surface area contributed by atoms with Gasteiger partial charge in [-0.2, -0.15) is 0 Å². The van der Waals surface area contributed by atoms with Crippen LogP contribution in [0, 0.1) is 13.8 Å². The highest BCUT2D eigenvalue weighted by Gasteiger charge is 2.16. The van der Waals surface area contributed by atoms with Crippen LogP contribution in [0.2, 0.25) is 0 Å². The number of fused-ring (bicyclic) bond motifs is 2. The maximum absolute atomic E-state index is 12.4. The summed E-state index contributed by atoms with van der Waals surface area (Å²) in [5.74, 6) is -1.33. The van der Waals surface area contributed by atoms with Crippen LogP contribution in [0.4, 0.5) is 0 Å². The van der Waals surface area contributed by atoms with E-state index >= 15 is 0 Å². The smallest absolute Gasteiger partial charge is 0.340 e. The number of aliphatic carboxylic acids is 1. The van der Waals surface area contributed by atoms with Gasteiger partial charge in [-0.25, -0.2) is 4.79 Å². The van der Waals surface area contributed by atoms with E-state index in [9.17, 15) is 19.5 Å². The molecular formula is C21H22NO6-. The lowest BCUT2D eigenvalue weighted by Gasteiger charge is -2.09. The molecule has 0 aliphatic heterocycles. The van der Waals surface area contributed by atoms with Crippen molar-refractivity contribution >= 4 is 33.8 Å². The van der Waals surface area contributed by atoms with Crippen molar-refractivity contribution in [2.45, 2.75) is 46.0 Å². The number of rotatable bonds is 8. The molecule has 7 nitrogen and oxygen atoms in total. The van der Waals surface area contributed by atoms with Gasteiger partial charge in [-0.15, -0.1) is 0 Å². The maximum Gasteiger partial charge on any atom is 0.340 e. The Morgan fingerprint density at radius 1 is 1.07 bits per heavy atom. The van der Waals surface area contributed by atoms with Crippen LogP contribution in [-0.4, -0.2) is 18.4 Å². The topological polar surface area (TPSA) is 113 Å². The Kier molecular flexibility index (Phi) is 5.82. The second-order valence-electron chi connectivity index (χ2n) is 6.97. The van der Waals surface area contributed by atoms with Crippen LogP contribution in [0.25, 0.3) is 21.9 Å². The number of carboxylic acid groups (broad SMARTS) is 1. The molecule has 0 unspecified atom stereocenters. The molecule has 3 aromatic rings. The second-order valence-corrected chi connectivity index (χ2v) is 6.97. The highest BCUT2D eigenvalue weighted by Crippen LogP contribution is 2.28. The maximum atomic E-state index is 12.4. The summed E-state index contributed by atoms with van der Waals surface area (Å²) in [5, 5.41) is 14.8. The lowest BCUT2D eigenvalue weighted by atomic mass is 10.0. The van der Waals surface area contributed by atoms with Crippen LogP contribution in [0.1, 0.15) is 42.4 Å². The third kappa shape index (κ3) is 4.24. The highest BCUT2D eigenvalue weighted by molar-refractivity contribution is 5.96. The van der Waals surface area contributed by atoms with Crippen LogP contribution in [0.3, 0.4) is 0 Å². The van der Waals surface area contributed by atoms with Crippen LogP contribution in [-0.2, 0) is 16.0 Å². The van der Waals surface area contributed by atoms with Gasteiger partial charge in [-0.1, -0.05) is 6.42 Å². The number of hydrogen-bond donors (Lipinski definition) is 1. The molecule has 0 saturated carbocycles. The van der Waals surface area contributed by atoms with Gasteiger partial charge in [0.1, 0.15) is 11.2 Å². The van der Waals surface area contributed by atoms with Gasteiger partial charge >= 0.3 is 5.63 Å². The van der Waals surface area contributed by atoms with Gasteiger partial charge in [0.15, 0.2) is 0 Å². The normalized spacial score (nSPS) is 11.2. The van der Waals surface area contributed by atoms with Crippen molar-refractivity contribution in [2.75, 3.05) is 6.54 Å². The monoisotopic (exact) mass is 384 g/mol. The number of aryl methyl sites for hydroxylation is 2. The summed E-state index contributed by atoms with van der Waals surface area (Å²) < 4.78 is 10.9. The van der Waals surface area contributed by atoms with Crippen molar-refractivity contribution in [1.29, 1.82) is 0 Å². The Bertz CT molecular complexity index is 1090. The molecule has 1 N–H and O–H groups in total. The minimum absolute atomic E-state index is 0.0225. The summed E-state index contributed by atoms with van der Waals surface area (Å²) >= 11 is 0. The van der Waals surface area contributed by atoms with E-state index in [2.05, 4.69) is 5.32 Å². The fraction of sp³-hybridized carbons (Fsp3) is 0.381. The Morgan fingerprint density at radius 3 is 2.61 bits per heavy atom. The molecule has 148 valence electrons. The van der Waals surface area contributed by atoms with Gasteiger partial charge in [0.05, 0.1) is 18.2 Å². The number of benzene rings is 1. The van der Waals surface area contributed by atoms with E-state index in [0.717, 1.165) is 21.9 Å². The Hall–Kier alpha value is -3.09. The van der Waals surface area contributed by atoms with E-state index in [0.29, 0.717) is 42.5 Å². The van der Waals surface area contributed by atoms with Crippen LogP contribution in [0.5, 0.6) is 0 Å². The van der Waals surface area contributed by atoms with E-state index in [1.165, 1.54) is 0 Å². The number of carboxylic acids is 1. The zero-order valence-corrected chi connectivity index (χ0v) is 15.9. The summed E-state index contributed by atoms with van der Waals surface area (Å²) in [5.41, 5.74) is 2.59. The largest absolute Gasteiger partial charge is 0.550 e. The zero-order valence-electron chi connectivity index (χ0n) is 15.9. The second kappa shape index (κ2) is 8.29. The number of unbranched alkanes of at least 4 members (excludes halogenated alkanes) is 2. The number of amides is 1. The third-order valence-electron chi connectivity index (χ3n) is 4.89. The van der Waals surface area contributed by atoms with Gasteiger partial charge < -0.3 is 24.1 Å². The SMILES string of the molecule is Cc1coc2cc3oc(=O)c(CC(=O)NCCCCCC(=O)[O-])c(C)c3cc12.